The predicted molar refractivity (Wildman–Crippen MR) is 119 cm³/mol. The second-order valence-corrected chi connectivity index (χ2v) is 7.73. The number of methoxy groups -OCH3 is 1. The SMILES string of the molecule is COC(C)c1c(NC(=O)Nc2cc(Cl)cnc2OCCN(C)C)cnc2cc(Cl)nn12. The number of halogens is 2. The Morgan fingerprint density at radius 1 is 1.19 bits per heavy atom. The quantitative estimate of drug-likeness (QED) is 0.519. The first-order chi connectivity index (χ1) is 14.8. The number of hydrogen-bond acceptors (Lipinski definition) is 7. The van der Waals surface area contributed by atoms with Crippen LogP contribution >= 0.6 is 23.2 Å². The largest absolute Gasteiger partial charge is 0.475 e. The van der Waals surface area contributed by atoms with Crippen molar-refractivity contribution in [3.8, 4) is 5.88 Å². The van der Waals surface area contributed by atoms with Crippen molar-refractivity contribution in [3.05, 3.63) is 40.4 Å². The maximum absolute atomic E-state index is 12.8. The molecule has 3 aromatic heterocycles. The second kappa shape index (κ2) is 10.1. The maximum atomic E-state index is 12.8. The van der Waals surface area contributed by atoms with E-state index in [-0.39, 0.29) is 11.0 Å². The van der Waals surface area contributed by atoms with Crippen molar-refractivity contribution in [2.75, 3.05) is 45.0 Å². The van der Waals surface area contributed by atoms with Gasteiger partial charge in [-0.05, 0) is 27.1 Å². The van der Waals surface area contributed by atoms with Crippen molar-refractivity contribution in [2.45, 2.75) is 13.0 Å². The number of nitrogens with zero attached hydrogens (tertiary/aromatic N) is 5. The smallest absolute Gasteiger partial charge is 0.323 e. The number of fused-ring (bicyclic) bond motifs is 1. The molecule has 0 saturated heterocycles. The summed E-state index contributed by atoms with van der Waals surface area (Å²) < 4.78 is 12.6. The van der Waals surface area contributed by atoms with Crippen molar-refractivity contribution >= 4 is 46.3 Å². The van der Waals surface area contributed by atoms with Gasteiger partial charge in [-0.15, -0.1) is 0 Å². The summed E-state index contributed by atoms with van der Waals surface area (Å²) in [7, 11) is 5.42. The molecule has 10 nitrogen and oxygen atoms in total. The van der Waals surface area contributed by atoms with Gasteiger partial charge in [0.25, 0.3) is 0 Å². The van der Waals surface area contributed by atoms with E-state index in [1.54, 1.807) is 19.2 Å². The van der Waals surface area contributed by atoms with Crippen LogP contribution in [-0.4, -0.2) is 64.9 Å². The van der Waals surface area contributed by atoms with Gasteiger partial charge in [0.1, 0.15) is 12.3 Å². The molecule has 3 heterocycles. The lowest BCUT2D eigenvalue weighted by Gasteiger charge is -2.18. The first-order valence-electron chi connectivity index (χ1n) is 9.36. The monoisotopic (exact) mass is 467 g/mol. The fraction of sp³-hybridized carbons (Fsp3) is 0.368. The highest BCUT2D eigenvalue weighted by molar-refractivity contribution is 6.31. The molecule has 0 aliphatic heterocycles. The molecular formula is C19H23Cl2N7O3. The maximum Gasteiger partial charge on any atom is 0.323 e. The van der Waals surface area contributed by atoms with Crippen molar-refractivity contribution < 1.29 is 14.3 Å². The fourth-order valence-electron chi connectivity index (χ4n) is 2.75. The molecular weight excluding hydrogens is 445 g/mol. The second-order valence-electron chi connectivity index (χ2n) is 6.91. The van der Waals surface area contributed by atoms with Crippen molar-refractivity contribution in [1.29, 1.82) is 0 Å². The van der Waals surface area contributed by atoms with Gasteiger partial charge in [0, 0.05) is 25.9 Å². The van der Waals surface area contributed by atoms with Gasteiger partial charge in [0.2, 0.25) is 5.88 Å². The molecule has 0 radical (unpaired) electrons. The summed E-state index contributed by atoms with van der Waals surface area (Å²) in [5.41, 5.74) is 1.86. The molecule has 2 amide bonds. The van der Waals surface area contributed by atoms with Crippen LogP contribution in [0.5, 0.6) is 5.88 Å². The van der Waals surface area contributed by atoms with E-state index in [4.69, 9.17) is 32.7 Å². The summed E-state index contributed by atoms with van der Waals surface area (Å²) in [6.07, 6.45) is 2.57. The molecule has 0 aliphatic carbocycles. The Labute approximate surface area is 189 Å². The molecule has 12 heteroatoms. The number of pyridine rings is 1. The molecule has 0 aliphatic rings. The molecule has 0 spiro atoms. The number of carbonyl (C=O) groups is 1. The van der Waals surface area contributed by atoms with Crippen LogP contribution in [0.15, 0.2) is 24.5 Å². The Bertz CT molecular complexity index is 1070. The van der Waals surface area contributed by atoms with Crippen LogP contribution in [0, 0.1) is 0 Å². The highest BCUT2D eigenvalue weighted by Gasteiger charge is 2.20. The van der Waals surface area contributed by atoms with Crippen LogP contribution in [-0.2, 0) is 4.74 Å². The van der Waals surface area contributed by atoms with E-state index in [0.717, 1.165) is 0 Å². The zero-order valence-electron chi connectivity index (χ0n) is 17.5. The van der Waals surface area contributed by atoms with Crippen LogP contribution in [0.4, 0.5) is 16.2 Å². The van der Waals surface area contributed by atoms with Gasteiger partial charge in [0.05, 0.1) is 28.7 Å². The van der Waals surface area contributed by atoms with Gasteiger partial charge in [-0.2, -0.15) is 5.10 Å². The van der Waals surface area contributed by atoms with Gasteiger partial charge < -0.3 is 25.0 Å². The van der Waals surface area contributed by atoms with Crippen molar-refractivity contribution in [2.24, 2.45) is 0 Å². The van der Waals surface area contributed by atoms with E-state index < -0.39 is 12.1 Å². The van der Waals surface area contributed by atoms with E-state index in [1.807, 2.05) is 25.9 Å². The number of nitrogens with one attached hydrogen (secondary N) is 2. The normalized spacial score (nSPS) is 12.2. The van der Waals surface area contributed by atoms with Gasteiger partial charge in [-0.25, -0.2) is 19.3 Å². The number of aromatic nitrogens is 4. The number of carbonyl (C=O) groups excluding carboxylic acids is 1. The Balaban J connectivity index is 1.83. The average Bonchev–Trinajstić information content (AvgIpc) is 3.08. The summed E-state index contributed by atoms with van der Waals surface area (Å²) in [6.45, 7) is 2.91. The van der Waals surface area contributed by atoms with Crippen molar-refractivity contribution in [3.63, 3.8) is 0 Å². The Hall–Kier alpha value is -2.66. The topological polar surface area (TPSA) is 106 Å². The van der Waals surface area contributed by atoms with Gasteiger partial charge in [0.15, 0.2) is 10.8 Å². The molecule has 0 saturated carbocycles. The highest BCUT2D eigenvalue weighted by Crippen LogP contribution is 2.28. The summed E-state index contributed by atoms with van der Waals surface area (Å²) in [5, 5.41) is 10.3. The predicted octanol–water partition coefficient (Wildman–Crippen LogP) is 3.72. The Kier molecular flexibility index (Phi) is 7.50. The number of ether oxygens (including phenoxy) is 2. The minimum Gasteiger partial charge on any atom is -0.475 e. The summed E-state index contributed by atoms with van der Waals surface area (Å²) in [5.74, 6) is 0.263. The lowest BCUT2D eigenvalue weighted by molar-refractivity contribution is 0.114. The van der Waals surface area contributed by atoms with Gasteiger partial charge in [-0.1, -0.05) is 23.2 Å². The molecule has 2 N–H and O–H groups in total. The minimum atomic E-state index is -0.537. The zero-order valence-corrected chi connectivity index (χ0v) is 19.0. The zero-order chi connectivity index (χ0) is 22.5. The van der Waals surface area contributed by atoms with Gasteiger partial charge in [-0.3, -0.25) is 0 Å². The van der Waals surface area contributed by atoms with Crippen LogP contribution in [0.2, 0.25) is 10.2 Å². The lowest BCUT2D eigenvalue weighted by Crippen LogP contribution is -2.23. The molecule has 31 heavy (non-hydrogen) atoms. The highest BCUT2D eigenvalue weighted by atomic mass is 35.5. The molecule has 0 aromatic carbocycles. The third kappa shape index (κ3) is 5.73. The standard InChI is InChI=1S/C19H23Cl2N7O3/c1-11(30-4)17-14(10-22-16-8-15(21)26-28(16)17)25-19(29)24-13-7-12(20)9-23-18(13)31-6-5-27(2)3/h7-11H,5-6H2,1-4H3,(H2,24,25,29). The first kappa shape index (κ1) is 23.0. The third-order valence-corrected chi connectivity index (χ3v) is 4.71. The molecule has 166 valence electrons. The number of likely N-dealkylation sites (N-methyl/N-ethyl adjacent to an activating group) is 1. The van der Waals surface area contributed by atoms with Crippen molar-refractivity contribution in [1.82, 2.24) is 24.5 Å². The van der Waals surface area contributed by atoms with Crippen LogP contribution in [0.25, 0.3) is 5.65 Å². The van der Waals surface area contributed by atoms with E-state index in [1.165, 1.54) is 16.9 Å². The molecule has 3 rings (SSSR count). The van der Waals surface area contributed by atoms with Crippen LogP contribution < -0.4 is 15.4 Å². The molecule has 3 aromatic rings. The fourth-order valence-corrected chi connectivity index (χ4v) is 3.09. The number of amides is 2. The first-order valence-corrected chi connectivity index (χ1v) is 10.1. The van der Waals surface area contributed by atoms with E-state index >= 15 is 0 Å². The van der Waals surface area contributed by atoms with E-state index in [0.29, 0.717) is 40.9 Å². The van der Waals surface area contributed by atoms with Crippen LogP contribution in [0.3, 0.4) is 0 Å². The minimum absolute atomic E-state index is 0.263. The average molecular weight is 468 g/mol. The number of rotatable bonds is 8. The van der Waals surface area contributed by atoms with Crippen LogP contribution in [0.1, 0.15) is 18.7 Å². The van der Waals surface area contributed by atoms with E-state index in [9.17, 15) is 4.79 Å². The number of hydrogen-bond donors (Lipinski definition) is 2. The Morgan fingerprint density at radius 3 is 2.65 bits per heavy atom. The number of urea groups is 1. The summed E-state index contributed by atoms with van der Waals surface area (Å²) >= 11 is 12.1. The summed E-state index contributed by atoms with van der Waals surface area (Å²) in [6, 6.07) is 2.64. The number of anilines is 2. The molecule has 0 bridgehead atoms. The molecule has 0 fully saturated rings. The molecule has 1 atom stereocenters. The van der Waals surface area contributed by atoms with E-state index in [2.05, 4.69) is 25.7 Å². The molecule has 1 unspecified atom stereocenters. The third-order valence-electron chi connectivity index (χ3n) is 4.32. The van der Waals surface area contributed by atoms with Gasteiger partial charge >= 0.3 is 6.03 Å². The lowest BCUT2D eigenvalue weighted by atomic mass is 10.2. The summed E-state index contributed by atoms with van der Waals surface area (Å²) in [4.78, 5) is 23.2. The Morgan fingerprint density at radius 2 is 1.94 bits per heavy atom.